The van der Waals surface area contributed by atoms with Gasteiger partial charge in [0.1, 0.15) is 0 Å². The summed E-state index contributed by atoms with van der Waals surface area (Å²) in [4.78, 5) is 12.3. The summed E-state index contributed by atoms with van der Waals surface area (Å²) in [6, 6.07) is 8.12. The predicted octanol–water partition coefficient (Wildman–Crippen LogP) is 1.98. The molecule has 1 aromatic carbocycles. The normalized spacial score (nSPS) is 22.5. The topological polar surface area (TPSA) is 50.4 Å². The molecule has 1 saturated heterocycles. The van der Waals surface area contributed by atoms with Gasteiger partial charge in [-0.15, -0.1) is 0 Å². The van der Waals surface area contributed by atoms with Crippen molar-refractivity contribution in [3.63, 3.8) is 0 Å². The number of rotatable bonds is 5. The fraction of sp³-hybridized carbons (Fsp3) is 0.562. The molecule has 0 aromatic heterocycles. The van der Waals surface area contributed by atoms with Gasteiger partial charge < -0.3 is 15.4 Å². The summed E-state index contributed by atoms with van der Waals surface area (Å²) in [7, 11) is 1.68. The summed E-state index contributed by atoms with van der Waals surface area (Å²) in [6.45, 7) is 4.07. The van der Waals surface area contributed by atoms with Crippen LogP contribution < -0.4 is 10.6 Å². The van der Waals surface area contributed by atoms with Crippen LogP contribution in [0.2, 0.25) is 0 Å². The highest BCUT2D eigenvalue weighted by molar-refractivity contribution is 5.85. The quantitative estimate of drug-likeness (QED) is 0.864. The Morgan fingerprint density at radius 1 is 1.40 bits per heavy atom. The fourth-order valence-corrected chi connectivity index (χ4v) is 2.62. The summed E-state index contributed by atoms with van der Waals surface area (Å²) in [5, 5.41) is 6.37. The highest BCUT2D eigenvalue weighted by Gasteiger charge is 2.33. The Hall–Kier alpha value is -1.39. The number of nitrogens with one attached hydrogen (secondary N) is 2. The number of carbonyl (C=O) groups excluding carboxylic acids is 1. The van der Waals surface area contributed by atoms with Crippen molar-refractivity contribution in [3.8, 4) is 0 Å². The molecular formula is C16H24N2O2. The molecule has 1 unspecified atom stereocenters. The van der Waals surface area contributed by atoms with Crippen molar-refractivity contribution in [2.45, 2.75) is 44.9 Å². The summed E-state index contributed by atoms with van der Waals surface area (Å²) in [6.07, 6.45) is 3.17. The molecule has 2 rings (SSSR count). The molecule has 0 bridgehead atoms. The Balaban J connectivity index is 1.91. The lowest BCUT2D eigenvalue weighted by Gasteiger charge is -2.33. The third-order valence-corrected chi connectivity index (χ3v) is 3.88. The van der Waals surface area contributed by atoms with E-state index in [4.69, 9.17) is 4.74 Å². The molecule has 20 heavy (non-hydrogen) atoms. The lowest BCUT2D eigenvalue weighted by molar-refractivity contribution is -0.128. The van der Waals surface area contributed by atoms with Crippen LogP contribution >= 0.6 is 0 Å². The number of amides is 1. The van der Waals surface area contributed by atoms with Gasteiger partial charge in [-0.25, -0.2) is 0 Å². The number of ether oxygens (including phenoxy) is 1. The Labute approximate surface area is 120 Å². The lowest BCUT2D eigenvalue weighted by Crippen LogP contribution is -2.56. The molecule has 1 aliphatic heterocycles. The van der Waals surface area contributed by atoms with E-state index in [1.54, 1.807) is 7.11 Å². The number of carbonyl (C=O) groups is 1. The van der Waals surface area contributed by atoms with Gasteiger partial charge in [-0.2, -0.15) is 0 Å². The molecule has 1 heterocycles. The molecule has 4 heteroatoms. The Bertz CT molecular complexity index is 454. The number of benzene rings is 1. The van der Waals surface area contributed by atoms with Crippen LogP contribution in [0.5, 0.6) is 0 Å². The highest BCUT2D eigenvalue weighted by atomic mass is 16.5. The van der Waals surface area contributed by atoms with E-state index in [-0.39, 0.29) is 5.91 Å². The number of methoxy groups -OCH3 is 1. The number of hydrogen-bond donors (Lipinski definition) is 2. The van der Waals surface area contributed by atoms with Crippen LogP contribution in [-0.4, -0.2) is 25.1 Å². The Kier molecular flexibility index (Phi) is 5.15. The third kappa shape index (κ3) is 3.81. The molecule has 110 valence electrons. The smallest absolute Gasteiger partial charge is 0.240 e. The summed E-state index contributed by atoms with van der Waals surface area (Å²) >= 11 is 0. The van der Waals surface area contributed by atoms with Gasteiger partial charge in [0.05, 0.1) is 12.1 Å². The van der Waals surface area contributed by atoms with Crippen LogP contribution in [0, 0.1) is 0 Å². The van der Waals surface area contributed by atoms with E-state index in [2.05, 4.69) is 16.7 Å². The van der Waals surface area contributed by atoms with E-state index in [1.807, 2.05) is 25.1 Å². The van der Waals surface area contributed by atoms with E-state index in [0.29, 0.717) is 13.2 Å². The van der Waals surface area contributed by atoms with Crippen LogP contribution in [0.4, 0.5) is 0 Å². The summed E-state index contributed by atoms with van der Waals surface area (Å²) < 4.78 is 5.12. The summed E-state index contributed by atoms with van der Waals surface area (Å²) in [5.41, 5.74) is 1.82. The van der Waals surface area contributed by atoms with Crippen molar-refractivity contribution in [1.29, 1.82) is 0 Å². The Morgan fingerprint density at radius 2 is 2.20 bits per heavy atom. The van der Waals surface area contributed by atoms with E-state index < -0.39 is 5.54 Å². The summed E-state index contributed by atoms with van der Waals surface area (Å²) in [5.74, 6) is 0.0920. The molecule has 1 amide bonds. The zero-order valence-corrected chi connectivity index (χ0v) is 12.4. The lowest BCUT2D eigenvalue weighted by atomic mass is 9.90. The first-order chi connectivity index (χ1) is 9.64. The molecule has 1 atom stereocenters. The molecule has 1 aromatic rings. The average molecular weight is 276 g/mol. The SMILES string of the molecule is COCc1cccc(CNC(=O)C2(C)CCCCN2)c1. The van der Waals surface area contributed by atoms with Crippen LogP contribution in [-0.2, 0) is 22.7 Å². The van der Waals surface area contributed by atoms with Crippen LogP contribution in [0.3, 0.4) is 0 Å². The molecule has 0 spiro atoms. The van der Waals surface area contributed by atoms with Gasteiger partial charge in [0.15, 0.2) is 0 Å². The standard InChI is InChI=1S/C16H24N2O2/c1-16(8-3-4-9-18-16)15(19)17-11-13-6-5-7-14(10-13)12-20-2/h5-7,10,18H,3-4,8-9,11-12H2,1-2H3,(H,17,19). The first-order valence-electron chi connectivity index (χ1n) is 7.24. The number of piperidine rings is 1. The monoisotopic (exact) mass is 276 g/mol. The fourth-order valence-electron chi connectivity index (χ4n) is 2.62. The maximum Gasteiger partial charge on any atom is 0.240 e. The Morgan fingerprint density at radius 3 is 2.90 bits per heavy atom. The minimum atomic E-state index is -0.414. The molecule has 2 N–H and O–H groups in total. The van der Waals surface area contributed by atoms with Gasteiger partial charge in [0.25, 0.3) is 0 Å². The van der Waals surface area contributed by atoms with E-state index >= 15 is 0 Å². The first kappa shape index (κ1) is 15.0. The van der Waals surface area contributed by atoms with Crippen LogP contribution in [0.15, 0.2) is 24.3 Å². The minimum Gasteiger partial charge on any atom is -0.380 e. The molecular weight excluding hydrogens is 252 g/mol. The highest BCUT2D eigenvalue weighted by Crippen LogP contribution is 2.19. The van der Waals surface area contributed by atoms with E-state index in [0.717, 1.165) is 36.9 Å². The van der Waals surface area contributed by atoms with Crippen molar-refractivity contribution in [3.05, 3.63) is 35.4 Å². The van der Waals surface area contributed by atoms with Gasteiger partial charge in [0, 0.05) is 13.7 Å². The second-order valence-electron chi connectivity index (χ2n) is 5.65. The van der Waals surface area contributed by atoms with Gasteiger partial charge in [-0.3, -0.25) is 4.79 Å². The molecule has 0 aliphatic carbocycles. The van der Waals surface area contributed by atoms with Gasteiger partial charge in [-0.1, -0.05) is 24.3 Å². The third-order valence-electron chi connectivity index (χ3n) is 3.88. The zero-order chi connectivity index (χ0) is 14.4. The zero-order valence-electron chi connectivity index (χ0n) is 12.4. The second kappa shape index (κ2) is 6.86. The number of hydrogen-bond acceptors (Lipinski definition) is 3. The first-order valence-corrected chi connectivity index (χ1v) is 7.24. The van der Waals surface area contributed by atoms with Gasteiger partial charge in [-0.05, 0) is 43.9 Å². The maximum absolute atomic E-state index is 12.3. The molecule has 1 fully saturated rings. The second-order valence-corrected chi connectivity index (χ2v) is 5.65. The largest absolute Gasteiger partial charge is 0.380 e. The molecule has 0 radical (unpaired) electrons. The van der Waals surface area contributed by atoms with Crippen LogP contribution in [0.1, 0.15) is 37.3 Å². The van der Waals surface area contributed by atoms with Crippen molar-refractivity contribution in [1.82, 2.24) is 10.6 Å². The van der Waals surface area contributed by atoms with Crippen molar-refractivity contribution in [2.75, 3.05) is 13.7 Å². The predicted molar refractivity (Wildman–Crippen MR) is 79.3 cm³/mol. The molecule has 0 saturated carbocycles. The molecule has 4 nitrogen and oxygen atoms in total. The average Bonchev–Trinajstić information content (AvgIpc) is 2.46. The van der Waals surface area contributed by atoms with E-state index in [1.165, 1.54) is 0 Å². The van der Waals surface area contributed by atoms with Crippen molar-refractivity contribution >= 4 is 5.91 Å². The van der Waals surface area contributed by atoms with E-state index in [9.17, 15) is 4.79 Å². The van der Waals surface area contributed by atoms with Gasteiger partial charge in [0.2, 0.25) is 5.91 Å². The molecule has 1 aliphatic rings. The minimum absolute atomic E-state index is 0.0920. The van der Waals surface area contributed by atoms with Gasteiger partial charge >= 0.3 is 0 Å². The van der Waals surface area contributed by atoms with Crippen molar-refractivity contribution < 1.29 is 9.53 Å². The maximum atomic E-state index is 12.3. The van der Waals surface area contributed by atoms with Crippen molar-refractivity contribution in [2.24, 2.45) is 0 Å². The van der Waals surface area contributed by atoms with Crippen LogP contribution in [0.25, 0.3) is 0 Å².